The van der Waals surface area contributed by atoms with Crippen LogP contribution in [0.5, 0.6) is 0 Å². The number of furan rings is 2. The summed E-state index contributed by atoms with van der Waals surface area (Å²) in [4.78, 5) is 0. The topological polar surface area (TPSA) is 26.3 Å². The Balaban J connectivity index is 0.926. The fraction of sp³-hybridized carbons (Fsp3) is 0.0930. The van der Waals surface area contributed by atoms with Gasteiger partial charge >= 0.3 is 0 Å². The maximum absolute atomic E-state index is 7.41. The van der Waals surface area contributed by atoms with E-state index in [1.54, 1.807) is 0 Å². The monoisotopic (exact) mass is 1120 g/mol. The van der Waals surface area contributed by atoms with Crippen LogP contribution in [0.25, 0.3) is 133 Å². The van der Waals surface area contributed by atoms with Gasteiger partial charge in [-0.15, -0.1) is 0 Å². The van der Waals surface area contributed by atoms with Crippen LogP contribution in [0, 0.1) is 0 Å². The van der Waals surface area contributed by atoms with Crippen LogP contribution in [0.3, 0.4) is 0 Å². The lowest BCUT2D eigenvalue weighted by molar-refractivity contribution is 0.660. The molecule has 2 aromatic heterocycles. The van der Waals surface area contributed by atoms with Crippen LogP contribution in [0.1, 0.15) is 94.5 Å². The summed E-state index contributed by atoms with van der Waals surface area (Å²) in [7, 11) is 0. The average molecular weight is 1120 g/mol. The van der Waals surface area contributed by atoms with E-state index in [1.807, 2.05) is 0 Å². The molecule has 2 heteroatoms. The van der Waals surface area contributed by atoms with Gasteiger partial charge in [0.15, 0.2) is 0 Å². The predicted molar refractivity (Wildman–Crippen MR) is 360 cm³/mol. The molecule has 0 N–H and O–H groups in total. The van der Waals surface area contributed by atoms with E-state index in [2.05, 4.69) is 282 Å². The Kier molecular flexibility index (Phi) is 8.62. The Morgan fingerprint density at radius 2 is 0.523 bits per heavy atom. The van der Waals surface area contributed by atoms with E-state index in [1.165, 1.54) is 134 Å². The zero-order chi connectivity index (χ0) is 57.9. The van der Waals surface area contributed by atoms with E-state index in [9.17, 15) is 0 Å². The standard InChI is InChI=1S/C86H54O2/c1-83(2)63-29-13-5-21-49(63)55-39-37-47(41-69(55)83)59-43-73-77(79-57-27-11-19-35-75(57)87-81(59)79)61-45-72-62(46-71(61)85(73)65-31-15-7-23-51(65)52-24-8-16-32-66(52)85)78-74(86(72)67-33-17-9-25-53(67)54-26-10-18-34-68(54)86)44-60(82-80(78)58-28-12-20-36-76(58)88-82)48-38-40-56-50-22-6-14-30-64(50)84(3,4)70(56)42-48/h5-46H,1-4H3. The first-order valence-electron chi connectivity index (χ1n) is 31.2. The molecule has 0 radical (unpaired) electrons. The molecule has 2 nitrogen and oxygen atoms in total. The predicted octanol–water partition coefficient (Wildman–Crippen LogP) is 22.1. The fourth-order valence-electron chi connectivity index (χ4n) is 18.7. The summed E-state index contributed by atoms with van der Waals surface area (Å²) in [5.41, 5.74) is 37.5. The summed E-state index contributed by atoms with van der Waals surface area (Å²) < 4.78 is 14.8. The molecule has 6 aliphatic carbocycles. The lowest BCUT2D eigenvalue weighted by Crippen LogP contribution is -2.27. The van der Waals surface area contributed by atoms with Crippen molar-refractivity contribution in [2.75, 3.05) is 0 Å². The number of rotatable bonds is 2. The van der Waals surface area contributed by atoms with Gasteiger partial charge in [0, 0.05) is 43.5 Å². The molecule has 2 heterocycles. The summed E-state index contributed by atoms with van der Waals surface area (Å²) in [6.07, 6.45) is 0. The molecule has 0 amide bonds. The molecule has 0 unspecified atom stereocenters. The molecule has 2 spiro atoms. The third-order valence-electron chi connectivity index (χ3n) is 22.3. The third-order valence-corrected chi connectivity index (χ3v) is 22.3. The number of benzene rings is 13. The molecule has 410 valence electrons. The van der Waals surface area contributed by atoms with Crippen molar-refractivity contribution in [2.45, 2.75) is 49.4 Å². The molecular weight excluding hydrogens is 1060 g/mol. The van der Waals surface area contributed by atoms with Gasteiger partial charge in [0.05, 0.1) is 10.8 Å². The van der Waals surface area contributed by atoms with Crippen LogP contribution in [-0.2, 0) is 21.7 Å². The highest BCUT2D eigenvalue weighted by Gasteiger charge is 2.58. The van der Waals surface area contributed by atoms with Crippen LogP contribution in [0.4, 0.5) is 0 Å². The van der Waals surface area contributed by atoms with Gasteiger partial charge < -0.3 is 8.83 Å². The van der Waals surface area contributed by atoms with Gasteiger partial charge in [-0.2, -0.15) is 0 Å². The van der Waals surface area contributed by atoms with Crippen LogP contribution in [0.15, 0.2) is 264 Å². The maximum atomic E-state index is 7.41. The van der Waals surface area contributed by atoms with E-state index in [0.717, 1.165) is 66.1 Å². The summed E-state index contributed by atoms with van der Waals surface area (Å²) >= 11 is 0. The minimum absolute atomic E-state index is 0.187. The highest BCUT2D eigenvalue weighted by Crippen LogP contribution is 2.71. The second kappa shape index (κ2) is 15.9. The third kappa shape index (κ3) is 5.36. The fourth-order valence-corrected chi connectivity index (χ4v) is 18.7. The zero-order valence-corrected chi connectivity index (χ0v) is 49.1. The second-order valence-electron chi connectivity index (χ2n) is 26.8. The number of fused-ring (bicyclic) bond motifs is 34. The largest absolute Gasteiger partial charge is 0.455 e. The Morgan fingerprint density at radius 3 is 0.898 bits per heavy atom. The highest BCUT2D eigenvalue weighted by atomic mass is 16.3. The molecule has 88 heavy (non-hydrogen) atoms. The smallest absolute Gasteiger partial charge is 0.143 e. The molecule has 15 aromatic rings. The van der Waals surface area contributed by atoms with Crippen LogP contribution < -0.4 is 0 Å². The molecule has 13 aromatic carbocycles. The highest BCUT2D eigenvalue weighted by molar-refractivity contribution is 6.23. The summed E-state index contributed by atoms with van der Waals surface area (Å²) in [5, 5.41) is 4.57. The molecule has 0 bridgehead atoms. The second-order valence-corrected chi connectivity index (χ2v) is 26.8. The van der Waals surface area contributed by atoms with E-state index in [4.69, 9.17) is 8.83 Å². The number of para-hydroxylation sites is 2. The maximum Gasteiger partial charge on any atom is 0.143 e. The molecule has 0 saturated carbocycles. The molecule has 21 rings (SSSR count). The van der Waals surface area contributed by atoms with E-state index in [0.29, 0.717) is 0 Å². The van der Waals surface area contributed by atoms with Gasteiger partial charge in [0.2, 0.25) is 0 Å². The Hall–Kier alpha value is -10.5. The quantitative estimate of drug-likeness (QED) is 0.172. The minimum atomic E-state index is -0.714. The van der Waals surface area contributed by atoms with E-state index in [-0.39, 0.29) is 10.8 Å². The lowest BCUT2D eigenvalue weighted by Gasteiger charge is -2.32. The normalized spacial score (nSPS) is 15.9. The van der Waals surface area contributed by atoms with Gasteiger partial charge in [-0.3, -0.25) is 0 Å². The van der Waals surface area contributed by atoms with Gasteiger partial charge in [-0.1, -0.05) is 234 Å². The number of hydrogen-bond donors (Lipinski definition) is 0. The Labute approximate surface area is 509 Å². The summed E-state index contributed by atoms with van der Waals surface area (Å²) in [6, 6.07) is 97.5. The molecule has 6 aliphatic rings. The van der Waals surface area contributed by atoms with E-state index < -0.39 is 10.8 Å². The minimum Gasteiger partial charge on any atom is -0.455 e. The first-order valence-corrected chi connectivity index (χ1v) is 31.2. The molecule has 0 aliphatic heterocycles. The Bertz CT molecular complexity index is 5320. The van der Waals surface area contributed by atoms with Crippen molar-refractivity contribution < 1.29 is 8.83 Å². The van der Waals surface area contributed by atoms with Gasteiger partial charge in [-0.25, -0.2) is 0 Å². The first-order chi connectivity index (χ1) is 43.2. The van der Waals surface area contributed by atoms with Crippen molar-refractivity contribution in [3.63, 3.8) is 0 Å². The molecular formula is C86H54O2. The van der Waals surface area contributed by atoms with Crippen molar-refractivity contribution in [1.82, 2.24) is 0 Å². The van der Waals surface area contributed by atoms with Gasteiger partial charge in [0.25, 0.3) is 0 Å². The van der Waals surface area contributed by atoms with E-state index >= 15 is 0 Å². The lowest BCUT2D eigenvalue weighted by atomic mass is 9.68. The summed E-state index contributed by atoms with van der Waals surface area (Å²) in [5.74, 6) is 0. The van der Waals surface area contributed by atoms with Crippen molar-refractivity contribution in [2.24, 2.45) is 0 Å². The van der Waals surface area contributed by atoms with Crippen LogP contribution >= 0.6 is 0 Å². The first kappa shape index (κ1) is 47.7. The van der Waals surface area contributed by atoms with Crippen molar-refractivity contribution in [3.05, 3.63) is 322 Å². The summed E-state index contributed by atoms with van der Waals surface area (Å²) in [6.45, 7) is 9.55. The molecule has 0 saturated heterocycles. The van der Waals surface area contributed by atoms with Crippen molar-refractivity contribution in [1.29, 1.82) is 0 Å². The van der Waals surface area contributed by atoms with Crippen LogP contribution in [-0.4, -0.2) is 0 Å². The van der Waals surface area contributed by atoms with Gasteiger partial charge in [0.1, 0.15) is 22.3 Å². The Morgan fingerprint density at radius 1 is 0.227 bits per heavy atom. The van der Waals surface area contributed by atoms with Crippen molar-refractivity contribution in [3.8, 4) is 89.0 Å². The average Bonchev–Trinajstić information content (AvgIpc) is 1.49. The van der Waals surface area contributed by atoms with Crippen molar-refractivity contribution >= 4 is 43.9 Å². The number of hydrogen-bond acceptors (Lipinski definition) is 2. The van der Waals surface area contributed by atoms with Gasteiger partial charge in [-0.05, 0) is 193 Å². The zero-order valence-electron chi connectivity index (χ0n) is 49.1. The van der Waals surface area contributed by atoms with Crippen LogP contribution in [0.2, 0.25) is 0 Å². The molecule has 0 atom stereocenters. The SMILES string of the molecule is CC1(C)c2ccccc2-c2ccc(-c3cc4c(c5c3oc3ccccc35)-c3cc5c(cc3C43c4ccccc4-c4ccccc43)-c3c(cc(-c4ccc6c(c4)C(C)(C)c4ccccc4-6)c4oc6ccccc6c34)C53c4ccccc4-c4ccccc43)cc21. The molecule has 0 fully saturated rings.